The van der Waals surface area contributed by atoms with E-state index in [-0.39, 0.29) is 5.96 Å². The molecule has 0 atom stereocenters. The van der Waals surface area contributed by atoms with Gasteiger partial charge in [-0.25, -0.2) is 0 Å². The first kappa shape index (κ1) is 9.10. The van der Waals surface area contributed by atoms with Gasteiger partial charge in [0.25, 0.3) is 0 Å². The molecule has 0 aliphatic heterocycles. The monoisotopic (exact) mass is 167 g/mol. The van der Waals surface area contributed by atoms with E-state index in [0.29, 0.717) is 5.92 Å². The lowest BCUT2D eigenvalue weighted by molar-refractivity contribution is 0.420. The zero-order valence-corrected chi connectivity index (χ0v) is 7.42. The molecule has 3 heteroatoms. The van der Waals surface area contributed by atoms with Gasteiger partial charge in [0.1, 0.15) is 0 Å². The van der Waals surface area contributed by atoms with Gasteiger partial charge in [-0.3, -0.25) is 4.99 Å². The smallest absolute Gasteiger partial charge is 0.185 e. The third kappa shape index (κ3) is 2.95. The Hall–Kier alpha value is -0.990. The van der Waals surface area contributed by atoms with Crippen LogP contribution in [-0.4, -0.2) is 12.5 Å². The zero-order chi connectivity index (χ0) is 8.97. The molecule has 68 valence electrons. The van der Waals surface area contributed by atoms with Crippen molar-refractivity contribution in [2.24, 2.45) is 22.4 Å². The van der Waals surface area contributed by atoms with Crippen molar-refractivity contribution in [2.75, 3.05) is 6.54 Å². The molecule has 4 N–H and O–H groups in total. The highest BCUT2D eigenvalue weighted by Gasteiger charge is 2.14. The van der Waals surface area contributed by atoms with Gasteiger partial charge in [0.15, 0.2) is 5.96 Å². The third-order valence-corrected chi connectivity index (χ3v) is 2.34. The molecule has 0 aromatic carbocycles. The summed E-state index contributed by atoms with van der Waals surface area (Å²) in [5.74, 6) is 0.872. The Balaban J connectivity index is 2.26. The van der Waals surface area contributed by atoms with Crippen molar-refractivity contribution < 1.29 is 0 Å². The van der Waals surface area contributed by atoms with Crippen molar-refractivity contribution in [1.82, 2.24) is 0 Å². The van der Waals surface area contributed by atoms with Crippen LogP contribution in [0.25, 0.3) is 0 Å². The van der Waals surface area contributed by atoms with Crippen LogP contribution >= 0.6 is 0 Å². The lowest BCUT2D eigenvalue weighted by atomic mass is 9.87. The number of allylic oxidation sites excluding steroid dienone is 1. The second kappa shape index (κ2) is 4.14. The van der Waals surface area contributed by atoms with Crippen molar-refractivity contribution in [1.29, 1.82) is 0 Å². The van der Waals surface area contributed by atoms with Crippen LogP contribution in [0, 0.1) is 5.92 Å². The molecule has 0 radical (unpaired) electrons. The minimum Gasteiger partial charge on any atom is -0.370 e. The number of nitrogens with two attached hydrogens (primary N) is 2. The van der Waals surface area contributed by atoms with Crippen molar-refractivity contribution in [3.05, 3.63) is 12.2 Å². The molecule has 0 unspecified atom stereocenters. The normalized spacial score (nSPS) is 19.2. The van der Waals surface area contributed by atoms with Gasteiger partial charge < -0.3 is 11.5 Å². The van der Waals surface area contributed by atoms with Crippen molar-refractivity contribution in [2.45, 2.75) is 25.7 Å². The molecule has 0 amide bonds. The summed E-state index contributed by atoms with van der Waals surface area (Å²) < 4.78 is 0. The number of guanidine groups is 1. The van der Waals surface area contributed by atoms with Gasteiger partial charge >= 0.3 is 0 Å². The van der Waals surface area contributed by atoms with E-state index in [1.807, 2.05) is 0 Å². The lowest BCUT2D eigenvalue weighted by Gasteiger charge is -2.21. The highest BCUT2D eigenvalue weighted by molar-refractivity contribution is 5.75. The fraction of sp³-hybridized carbons (Fsp3) is 0.667. The van der Waals surface area contributed by atoms with E-state index in [0.717, 1.165) is 19.4 Å². The van der Waals surface area contributed by atoms with Crippen LogP contribution in [-0.2, 0) is 0 Å². The first-order valence-electron chi connectivity index (χ1n) is 4.40. The molecule has 1 fully saturated rings. The molecule has 1 aliphatic carbocycles. The van der Waals surface area contributed by atoms with Gasteiger partial charge in [0, 0.05) is 6.54 Å². The summed E-state index contributed by atoms with van der Waals surface area (Å²) in [6.45, 7) is 4.75. The highest BCUT2D eigenvalue weighted by atomic mass is 15.0. The zero-order valence-electron chi connectivity index (χ0n) is 7.42. The number of hydrogen-bond donors (Lipinski definition) is 2. The number of nitrogens with zero attached hydrogens (tertiary/aromatic N) is 1. The number of hydrogen-bond acceptors (Lipinski definition) is 1. The van der Waals surface area contributed by atoms with Crippen molar-refractivity contribution >= 4 is 5.96 Å². The molecule has 1 aliphatic rings. The van der Waals surface area contributed by atoms with E-state index in [2.05, 4.69) is 11.6 Å². The number of rotatable bonds is 2. The van der Waals surface area contributed by atoms with E-state index in [4.69, 9.17) is 11.5 Å². The Morgan fingerprint density at radius 2 is 2.00 bits per heavy atom. The molecular weight excluding hydrogens is 150 g/mol. The van der Waals surface area contributed by atoms with Crippen LogP contribution in [0.5, 0.6) is 0 Å². The van der Waals surface area contributed by atoms with E-state index < -0.39 is 0 Å². The Kier molecular flexibility index (Phi) is 3.14. The maximum absolute atomic E-state index is 5.25. The van der Waals surface area contributed by atoms with Gasteiger partial charge in [0.2, 0.25) is 0 Å². The van der Waals surface area contributed by atoms with E-state index in [1.54, 1.807) is 0 Å². The first-order valence-corrected chi connectivity index (χ1v) is 4.40. The summed E-state index contributed by atoms with van der Waals surface area (Å²) in [6.07, 6.45) is 4.67. The Morgan fingerprint density at radius 3 is 2.50 bits per heavy atom. The van der Waals surface area contributed by atoms with Crippen LogP contribution < -0.4 is 11.5 Å². The van der Waals surface area contributed by atoms with Crippen LogP contribution in [0.15, 0.2) is 17.1 Å². The van der Waals surface area contributed by atoms with Gasteiger partial charge in [-0.2, -0.15) is 0 Å². The maximum Gasteiger partial charge on any atom is 0.185 e. The van der Waals surface area contributed by atoms with Crippen molar-refractivity contribution in [3.63, 3.8) is 0 Å². The van der Waals surface area contributed by atoms with Crippen molar-refractivity contribution in [3.8, 4) is 0 Å². The second-order valence-electron chi connectivity index (χ2n) is 3.46. The Morgan fingerprint density at radius 1 is 1.42 bits per heavy atom. The quantitative estimate of drug-likeness (QED) is 0.366. The van der Waals surface area contributed by atoms with E-state index in [9.17, 15) is 0 Å². The maximum atomic E-state index is 5.25. The van der Waals surface area contributed by atoms with Crippen LogP contribution in [0.1, 0.15) is 25.7 Å². The topological polar surface area (TPSA) is 64.4 Å². The molecule has 0 saturated heterocycles. The Bertz CT molecular complexity index is 182. The molecule has 1 rings (SSSR count). The molecule has 0 spiro atoms. The molecule has 3 nitrogen and oxygen atoms in total. The largest absolute Gasteiger partial charge is 0.370 e. The van der Waals surface area contributed by atoms with Crippen LogP contribution in [0.2, 0.25) is 0 Å². The highest BCUT2D eigenvalue weighted by Crippen LogP contribution is 2.26. The van der Waals surface area contributed by atoms with E-state index >= 15 is 0 Å². The first-order chi connectivity index (χ1) is 5.68. The van der Waals surface area contributed by atoms with E-state index in [1.165, 1.54) is 18.4 Å². The summed E-state index contributed by atoms with van der Waals surface area (Å²) in [6, 6.07) is 0. The second-order valence-corrected chi connectivity index (χ2v) is 3.46. The van der Waals surface area contributed by atoms with Gasteiger partial charge in [0.05, 0.1) is 0 Å². The lowest BCUT2D eigenvalue weighted by Crippen LogP contribution is -2.24. The third-order valence-electron chi connectivity index (χ3n) is 2.34. The predicted octanol–water partition coefficient (Wildman–Crippen LogP) is 1.01. The summed E-state index contributed by atoms with van der Waals surface area (Å²) in [5.41, 5.74) is 11.9. The standard InChI is InChI=1S/C9H17N3/c1-7-2-4-8(5-3-7)6-12-9(10)11/h8H,1-6H2,(H4,10,11,12). The SMILES string of the molecule is C=C1CCC(CN=C(N)N)CC1. The number of aliphatic imine (C=N–C) groups is 1. The summed E-state index contributed by atoms with van der Waals surface area (Å²) in [4.78, 5) is 4.02. The minimum atomic E-state index is 0.208. The van der Waals surface area contributed by atoms with Gasteiger partial charge in [-0.1, -0.05) is 12.2 Å². The van der Waals surface area contributed by atoms with Gasteiger partial charge in [-0.05, 0) is 31.6 Å². The molecule has 0 bridgehead atoms. The predicted molar refractivity (Wildman–Crippen MR) is 51.8 cm³/mol. The molecule has 1 saturated carbocycles. The molecule has 0 heterocycles. The molecular formula is C9H17N3. The molecule has 12 heavy (non-hydrogen) atoms. The molecule has 0 aromatic heterocycles. The molecule has 0 aromatic rings. The summed E-state index contributed by atoms with van der Waals surface area (Å²) >= 11 is 0. The summed E-state index contributed by atoms with van der Waals surface area (Å²) in [7, 11) is 0. The minimum absolute atomic E-state index is 0.208. The average Bonchev–Trinajstić information content (AvgIpc) is 2.03. The van der Waals surface area contributed by atoms with Gasteiger partial charge in [-0.15, -0.1) is 0 Å². The fourth-order valence-electron chi connectivity index (χ4n) is 1.50. The van der Waals surface area contributed by atoms with Crippen LogP contribution in [0.4, 0.5) is 0 Å². The fourth-order valence-corrected chi connectivity index (χ4v) is 1.50. The summed E-state index contributed by atoms with van der Waals surface area (Å²) in [5, 5.41) is 0. The Labute approximate surface area is 73.5 Å². The van der Waals surface area contributed by atoms with Crippen LogP contribution in [0.3, 0.4) is 0 Å². The average molecular weight is 167 g/mol.